The molecule has 152 valence electrons. The maximum atomic E-state index is 12.7. The molecule has 0 bridgehead atoms. The molecule has 0 radical (unpaired) electrons. The van der Waals surface area contributed by atoms with E-state index in [9.17, 15) is 4.79 Å². The van der Waals surface area contributed by atoms with Gasteiger partial charge in [-0.2, -0.15) is 0 Å². The van der Waals surface area contributed by atoms with Crippen LogP contribution in [0.15, 0.2) is 12.1 Å². The third kappa shape index (κ3) is 3.89. The van der Waals surface area contributed by atoms with Crippen LogP contribution in [-0.4, -0.2) is 55.3 Å². The van der Waals surface area contributed by atoms with Crippen molar-refractivity contribution in [2.75, 3.05) is 34.4 Å². The van der Waals surface area contributed by atoms with Crippen molar-refractivity contribution in [3.8, 4) is 17.2 Å². The van der Waals surface area contributed by atoms with E-state index >= 15 is 0 Å². The predicted molar refractivity (Wildman–Crippen MR) is 103 cm³/mol. The molecule has 1 saturated heterocycles. The molecule has 9 nitrogen and oxygen atoms in total. The number of ether oxygens (including phenoxy) is 3. The van der Waals surface area contributed by atoms with Gasteiger partial charge in [-0.05, 0) is 45.0 Å². The third-order valence-corrected chi connectivity index (χ3v) is 5.02. The molecule has 0 atom stereocenters. The van der Waals surface area contributed by atoms with Crippen molar-refractivity contribution in [2.45, 2.75) is 32.4 Å². The summed E-state index contributed by atoms with van der Waals surface area (Å²) >= 11 is 0. The molecule has 0 saturated carbocycles. The molecule has 1 fully saturated rings. The first-order valence-electron chi connectivity index (χ1n) is 9.29. The van der Waals surface area contributed by atoms with E-state index in [0.29, 0.717) is 22.9 Å². The first-order chi connectivity index (χ1) is 13.6. The van der Waals surface area contributed by atoms with E-state index in [1.807, 2.05) is 17.7 Å². The summed E-state index contributed by atoms with van der Waals surface area (Å²) in [7, 11) is 4.66. The highest BCUT2D eigenvalue weighted by atomic mass is 16.5. The van der Waals surface area contributed by atoms with Gasteiger partial charge in [0, 0.05) is 12.1 Å². The number of methoxy groups -OCH3 is 3. The SMILES string of the molecule is COc1ccc(CNC(=O)c2nnn(C3CCNCC3)c2C)c(OC)c1OC. The van der Waals surface area contributed by atoms with Crippen molar-refractivity contribution < 1.29 is 19.0 Å². The summed E-state index contributed by atoms with van der Waals surface area (Å²) in [5.74, 6) is 1.31. The van der Waals surface area contributed by atoms with Gasteiger partial charge in [0.1, 0.15) is 0 Å². The number of hydrogen-bond acceptors (Lipinski definition) is 7. The lowest BCUT2D eigenvalue weighted by atomic mass is 10.1. The van der Waals surface area contributed by atoms with Gasteiger partial charge in [0.2, 0.25) is 5.75 Å². The Kier molecular flexibility index (Phi) is 6.35. The summed E-state index contributed by atoms with van der Waals surface area (Å²) in [5.41, 5.74) is 1.90. The lowest BCUT2D eigenvalue weighted by Gasteiger charge is -2.23. The molecule has 1 aromatic carbocycles. The maximum Gasteiger partial charge on any atom is 0.274 e. The number of rotatable bonds is 7. The Bertz CT molecular complexity index is 830. The molecule has 9 heteroatoms. The minimum atomic E-state index is -0.269. The second-order valence-corrected chi connectivity index (χ2v) is 6.63. The number of carbonyl (C=O) groups excluding carboxylic acids is 1. The first-order valence-corrected chi connectivity index (χ1v) is 9.29. The molecular weight excluding hydrogens is 362 g/mol. The number of nitrogens with zero attached hydrogens (tertiary/aromatic N) is 3. The Balaban J connectivity index is 1.73. The smallest absolute Gasteiger partial charge is 0.274 e. The molecule has 0 spiro atoms. The Hall–Kier alpha value is -2.81. The molecule has 1 aliphatic rings. The van der Waals surface area contributed by atoms with Crippen LogP contribution in [0.25, 0.3) is 0 Å². The average molecular weight is 389 g/mol. The minimum absolute atomic E-state index is 0.266. The molecule has 2 N–H and O–H groups in total. The van der Waals surface area contributed by atoms with Crippen LogP contribution in [-0.2, 0) is 6.54 Å². The van der Waals surface area contributed by atoms with Crippen LogP contribution >= 0.6 is 0 Å². The van der Waals surface area contributed by atoms with E-state index in [2.05, 4.69) is 20.9 Å². The summed E-state index contributed by atoms with van der Waals surface area (Å²) in [5, 5.41) is 14.5. The zero-order valence-corrected chi connectivity index (χ0v) is 16.7. The second-order valence-electron chi connectivity index (χ2n) is 6.63. The van der Waals surface area contributed by atoms with Gasteiger partial charge >= 0.3 is 0 Å². The lowest BCUT2D eigenvalue weighted by molar-refractivity contribution is 0.0945. The van der Waals surface area contributed by atoms with Crippen molar-refractivity contribution in [2.24, 2.45) is 0 Å². The largest absolute Gasteiger partial charge is 0.493 e. The number of aromatic nitrogens is 3. The van der Waals surface area contributed by atoms with Crippen LogP contribution in [0.4, 0.5) is 0 Å². The highest BCUT2D eigenvalue weighted by Gasteiger charge is 2.23. The zero-order chi connectivity index (χ0) is 20.1. The Morgan fingerprint density at radius 3 is 2.54 bits per heavy atom. The molecule has 2 aromatic rings. The van der Waals surface area contributed by atoms with Crippen molar-refractivity contribution in [1.82, 2.24) is 25.6 Å². The van der Waals surface area contributed by atoms with Gasteiger partial charge in [-0.1, -0.05) is 5.21 Å². The van der Waals surface area contributed by atoms with E-state index in [0.717, 1.165) is 37.2 Å². The third-order valence-electron chi connectivity index (χ3n) is 5.02. The van der Waals surface area contributed by atoms with Gasteiger partial charge in [-0.25, -0.2) is 4.68 Å². The molecule has 28 heavy (non-hydrogen) atoms. The Morgan fingerprint density at radius 2 is 1.89 bits per heavy atom. The lowest BCUT2D eigenvalue weighted by Crippen LogP contribution is -2.30. The fourth-order valence-corrected chi connectivity index (χ4v) is 3.51. The predicted octanol–water partition coefficient (Wildman–Crippen LogP) is 1.47. The number of benzene rings is 1. The van der Waals surface area contributed by atoms with Gasteiger partial charge in [0.05, 0.1) is 33.1 Å². The molecule has 2 heterocycles. The number of nitrogens with one attached hydrogen (secondary N) is 2. The Morgan fingerprint density at radius 1 is 1.18 bits per heavy atom. The van der Waals surface area contributed by atoms with Gasteiger partial charge < -0.3 is 24.8 Å². The van der Waals surface area contributed by atoms with E-state index in [-0.39, 0.29) is 18.5 Å². The van der Waals surface area contributed by atoms with Crippen LogP contribution in [0.2, 0.25) is 0 Å². The van der Waals surface area contributed by atoms with Gasteiger partial charge in [0.15, 0.2) is 17.2 Å². The maximum absolute atomic E-state index is 12.7. The minimum Gasteiger partial charge on any atom is -0.493 e. The standard InChI is InChI=1S/C19H27N5O4/c1-12-16(22-23-24(12)14-7-9-20-10-8-14)19(25)21-11-13-5-6-15(26-2)18(28-4)17(13)27-3/h5-6,14,20H,7-11H2,1-4H3,(H,21,25). The van der Waals surface area contributed by atoms with Crippen molar-refractivity contribution >= 4 is 5.91 Å². The molecule has 1 amide bonds. The highest BCUT2D eigenvalue weighted by Crippen LogP contribution is 2.39. The summed E-state index contributed by atoms with van der Waals surface area (Å²) in [4.78, 5) is 12.7. The van der Waals surface area contributed by atoms with Gasteiger partial charge in [-0.3, -0.25) is 4.79 Å². The number of amides is 1. The Labute approximate surface area is 164 Å². The second kappa shape index (κ2) is 8.92. The highest BCUT2D eigenvalue weighted by molar-refractivity contribution is 5.93. The summed E-state index contributed by atoms with van der Waals surface area (Å²) in [6.07, 6.45) is 1.96. The average Bonchev–Trinajstić information content (AvgIpc) is 3.13. The first kappa shape index (κ1) is 19.9. The molecule has 1 aromatic heterocycles. The van der Waals surface area contributed by atoms with E-state index in [4.69, 9.17) is 14.2 Å². The van der Waals surface area contributed by atoms with E-state index < -0.39 is 0 Å². The summed E-state index contributed by atoms with van der Waals surface area (Å²) in [6, 6.07) is 3.89. The molecule has 3 rings (SSSR count). The monoisotopic (exact) mass is 389 g/mol. The van der Waals surface area contributed by atoms with Gasteiger partial charge in [-0.15, -0.1) is 5.10 Å². The van der Waals surface area contributed by atoms with Crippen molar-refractivity contribution in [3.05, 3.63) is 29.1 Å². The van der Waals surface area contributed by atoms with Crippen molar-refractivity contribution in [1.29, 1.82) is 0 Å². The summed E-state index contributed by atoms with van der Waals surface area (Å²) in [6.45, 7) is 4.05. The molecule has 0 aliphatic carbocycles. The van der Waals surface area contributed by atoms with Crippen molar-refractivity contribution in [3.63, 3.8) is 0 Å². The normalized spacial score (nSPS) is 14.6. The van der Waals surface area contributed by atoms with Crippen LogP contribution in [0, 0.1) is 6.92 Å². The number of hydrogen-bond donors (Lipinski definition) is 2. The molecule has 1 aliphatic heterocycles. The van der Waals surface area contributed by atoms with Crippen LogP contribution in [0.1, 0.15) is 40.6 Å². The fraction of sp³-hybridized carbons (Fsp3) is 0.526. The van der Waals surface area contributed by atoms with Crippen LogP contribution in [0.5, 0.6) is 17.2 Å². The van der Waals surface area contributed by atoms with Crippen LogP contribution < -0.4 is 24.8 Å². The quantitative estimate of drug-likeness (QED) is 0.740. The molecule has 0 unspecified atom stereocenters. The van der Waals surface area contributed by atoms with Gasteiger partial charge in [0.25, 0.3) is 5.91 Å². The zero-order valence-electron chi connectivity index (χ0n) is 16.7. The topological polar surface area (TPSA) is 99.5 Å². The number of carbonyl (C=O) groups is 1. The molecular formula is C19H27N5O4. The fourth-order valence-electron chi connectivity index (χ4n) is 3.51. The number of piperidine rings is 1. The van der Waals surface area contributed by atoms with E-state index in [1.165, 1.54) is 0 Å². The van der Waals surface area contributed by atoms with E-state index in [1.54, 1.807) is 27.4 Å². The van der Waals surface area contributed by atoms with Crippen LogP contribution in [0.3, 0.4) is 0 Å². The summed E-state index contributed by atoms with van der Waals surface area (Å²) < 4.78 is 18.0.